The summed E-state index contributed by atoms with van der Waals surface area (Å²) in [5.74, 6) is 0. The minimum atomic E-state index is -2.03. The second-order valence-electron chi connectivity index (χ2n) is 10.0. The monoisotopic (exact) mass is 372 g/mol. The summed E-state index contributed by atoms with van der Waals surface area (Å²) in [7, 11) is 2.16. The Labute approximate surface area is 152 Å². The molecule has 0 aromatic rings. The fourth-order valence-corrected chi connectivity index (χ4v) is 4.84. The minimum Gasteiger partial charge on any atom is -0.409 e. The van der Waals surface area contributed by atoms with Gasteiger partial charge in [-0.1, -0.05) is 41.5 Å². The van der Waals surface area contributed by atoms with E-state index >= 15 is 0 Å². The number of aliphatic hydroxyl groups excluding tert-OH is 1. The normalized spacial score (nSPS) is 30.0. The van der Waals surface area contributed by atoms with Gasteiger partial charge in [0.1, 0.15) is 20.1 Å². The molecule has 0 amide bonds. The molecule has 0 bridgehead atoms. The SMILES string of the molecule is [B][C@@H]1O[C@H](CO)[C@@H](O[Si](C)(C)C(C)(C)C)[C@H]1O[Si](C)(C)C(C)(C)C. The summed E-state index contributed by atoms with van der Waals surface area (Å²) in [6.45, 7) is 21.9. The highest BCUT2D eigenvalue weighted by Crippen LogP contribution is 2.43. The molecule has 1 heterocycles. The standard InChI is InChI=1S/C17H37BO4Si2/c1-16(2,3)23(7,8)21-13-12(11-19)20-15(18)14(13)22-24(9,10)17(4,5)6/h12-15,19H,11H2,1-10H3/t12-,13-,14-,15-/m1/s1. The second kappa shape index (κ2) is 7.16. The van der Waals surface area contributed by atoms with Crippen LogP contribution in [0, 0.1) is 0 Å². The van der Waals surface area contributed by atoms with Crippen molar-refractivity contribution in [3.8, 4) is 0 Å². The molecule has 7 heteroatoms. The Hall–Kier alpha value is 0.339. The first kappa shape index (κ1) is 22.4. The first-order chi connectivity index (χ1) is 10.5. The Morgan fingerprint density at radius 2 is 1.25 bits per heavy atom. The van der Waals surface area contributed by atoms with Crippen LogP contribution >= 0.6 is 0 Å². The second-order valence-corrected chi connectivity index (χ2v) is 19.5. The molecule has 4 atom stereocenters. The zero-order valence-electron chi connectivity index (χ0n) is 17.3. The van der Waals surface area contributed by atoms with E-state index in [1.165, 1.54) is 0 Å². The van der Waals surface area contributed by atoms with E-state index in [1.54, 1.807) is 0 Å². The van der Waals surface area contributed by atoms with Crippen LogP contribution in [0.2, 0.25) is 36.3 Å². The van der Waals surface area contributed by atoms with Crippen LogP contribution in [0.3, 0.4) is 0 Å². The van der Waals surface area contributed by atoms with Gasteiger partial charge < -0.3 is 18.7 Å². The molecule has 0 aromatic carbocycles. The van der Waals surface area contributed by atoms with E-state index < -0.39 is 28.7 Å². The van der Waals surface area contributed by atoms with Crippen LogP contribution in [0.1, 0.15) is 41.5 Å². The summed E-state index contributed by atoms with van der Waals surface area (Å²) in [5, 5.41) is 9.89. The van der Waals surface area contributed by atoms with Gasteiger partial charge in [0.2, 0.25) is 0 Å². The van der Waals surface area contributed by atoms with E-state index in [2.05, 4.69) is 67.7 Å². The lowest BCUT2D eigenvalue weighted by atomic mass is 9.93. The van der Waals surface area contributed by atoms with Crippen molar-refractivity contribution in [2.45, 2.75) is 102 Å². The van der Waals surface area contributed by atoms with Gasteiger partial charge in [-0.3, -0.25) is 0 Å². The van der Waals surface area contributed by atoms with Crippen molar-refractivity contribution >= 4 is 24.5 Å². The number of ether oxygens (including phenoxy) is 1. The largest absolute Gasteiger partial charge is 0.409 e. The Bertz CT molecular complexity index is 429. The van der Waals surface area contributed by atoms with Gasteiger partial charge in [0, 0.05) is 6.00 Å². The van der Waals surface area contributed by atoms with Gasteiger partial charge in [0.05, 0.1) is 12.7 Å². The van der Waals surface area contributed by atoms with Crippen LogP contribution < -0.4 is 0 Å². The lowest BCUT2D eigenvalue weighted by Gasteiger charge is -2.44. The summed E-state index contributed by atoms with van der Waals surface area (Å²) in [6, 6.07) is -0.564. The van der Waals surface area contributed by atoms with Gasteiger partial charge in [0.25, 0.3) is 0 Å². The van der Waals surface area contributed by atoms with Crippen molar-refractivity contribution in [3.63, 3.8) is 0 Å². The molecule has 1 fully saturated rings. The minimum absolute atomic E-state index is 0.0706. The lowest BCUT2D eigenvalue weighted by Crippen LogP contribution is -2.54. The highest BCUT2D eigenvalue weighted by atomic mass is 28.4. The third-order valence-electron chi connectivity index (χ3n) is 6.00. The predicted octanol–water partition coefficient (Wildman–Crippen LogP) is 3.65. The van der Waals surface area contributed by atoms with Crippen molar-refractivity contribution < 1.29 is 18.7 Å². The maximum absolute atomic E-state index is 9.74. The zero-order valence-corrected chi connectivity index (χ0v) is 19.3. The Balaban J connectivity index is 3.08. The maximum atomic E-state index is 9.74. The Kier molecular flexibility index (Phi) is 6.67. The molecule has 1 rings (SSSR count). The zero-order chi connectivity index (χ0) is 19.1. The van der Waals surface area contributed by atoms with E-state index in [1.807, 2.05) is 0 Å². The third-order valence-corrected chi connectivity index (χ3v) is 14.9. The summed E-state index contributed by atoms with van der Waals surface area (Å²) >= 11 is 0. The highest BCUT2D eigenvalue weighted by Gasteiger charge is 2.51. The molecule has 1 aliphatic rings. The Morgan fingerprint density at radius 3 is 1.58 bits per heavy atom. The fraction of sp³-hybridized carbons (Fsp3) is 1.00. The van der Waals surface area contributed by atoms with Crippen LogP contribution in [0.4, 0.5) is 0 Å². The van der Waals surface area contributed by atoms with Gasteiger partial charge in [-0.15, -0.1) is 0 Å². The average molecular weight is 372 g/mol. The van der Waals surface area contributed by atoms with E-state index in [9.17, 15) is 5.11 Å². The third kappa shape index (κ3) is 4.74. The smallest absolute Gasteiger partial charge is 0.192 e. The number of aliphatic hydroxyl groups is 1. The van der Waals surface area contributed by atoms with Crippen LogP contribution in [-0.2, 0) is 13.6 Å². The van der Waals surface area contributed by atoms with Crippen molar-refractivity contribution in [3.05, 3.63) is 0 Å². The Morgan fingerprint density at radius 1 is 0.875 bits per heavy atom. The highest BCUT2D eigenvalue weighted by molar-refractivity contribution is 6.74. The fourth-order valence-electron chi connectivity index (χ4n) is 2.21. The molecule has 24 heavy (non-hydrogen) atoms. The average Bonchev–Trinajstić information content (AvgIpc) is 2.63. The number of rotatable bonds is 5. The van der Waals surface area contributed by atoms with Crippen LogP contribution in [0.15, 0.2) is 0 Å². The van der Waals surface area contributed by atoms with Crippen molar-refractivity contribution in [2.75, 3.05) is 6.61 Å². The summed E-state index contributed by atoms with van der Waals surface area (Å²) in [5.41, 5.74) is 0. The number of hydrogen-bond acceptors (Lipinski definition) is 4. The number of hydrogen-bond donors (Lipinski definition) is 1. The molecular formula is C17H37BO4Si2. The summed E-state index contributed by atoms with van der Waals surface area (Å²) < 4.78 is 18.9. The lowest BCUT2D eigenvalue weighted by molar-refractivity contribution is -0.00269. The van der Waals surface area contributed by atoms with Gasteiger partial charge in [0.15, 0.2) is 16.6 Å². The summed E-state index contributed by atoms with van der Waals surface area (Å²) in [4.78, 5) is 0. The van der Waals surface area contributed by atoms with Crippen molar-refractivity contribution in [1.29, 1.82) is 0 Å². The van der Waals surface area contributed by atoms with Gasteiger partial charge >= 0.3 is 0 Å². The molecule has 140 valence electrons. The quantitative estimate of drug-likeness (QED) is 0.749. The van der Waals surface area contributed by atoms with Gasteiger partial charge in [-0.25, -0.2) is 0 Å². The molecular weight excluding hydrogens is 335 g/mol. The predicted molar refractivity (Wildman–Crippen MR) is 106 cm³/mol. The van der Waals surface area contributed by atoms with E-state index in [-0.39, 0.29) is 28.9 Å². The van der Waals surface area contributed by atoms with E-state index in [0.29, 0.717) is 0 Å². The molecule has 1 N–H and O–H groups in total. The summed E-state index contributed by atoms with van der Waals surface area (Å²) in [6.07, 6.45) is -1.08. The molecule has 0 saturated carbocycles. The first-order valence-corrected chi connectivity index (χ1v) is 14.7. The van der Waals surface area contributed by atoms with Crippen LogP contribution in [-0.4, -0.2) is 60.5 Å². The van der Waals surface area contributed by atoms with E-state index in [4.69, 9.17) is 21.4 Å². The van der Waals surface area contributed by atoms with E-state index in [0.717, 1.165) is 0 Å². The molecule has 0 aromatic heterocycles. The molecule has 0 aliphatic carbocycles. The van der Waals surface area contributed by atoms with Crippen LogP contribution in [0.5, 0.6) is 0 Å². The molecule has 0 spiro atoms. The molecule has 0 unspecified atom stereocenters. The van der Waals surface area contributed by atoms with Crippen molar-refractivity contribution in [2.24, 2.45) is 0 Å². The van der Waals surface area contributed by atoms with Crippen molar-refractivity contribution in [1.82, 2.24) is 0 Å². The van der Waals surface area contributed by atoms with Crippen LogP contribution in [0.25, 0.3) is 0 Å². The molecule has 2 radical (unpaired) electrons. The van der Waals surface area contributed by atoms with Gasteiger partial charge in [-0.2, -0.15) is 0 Å². The first-order valence-electron chi connectivity index (χ1n) is 8.91. The topological polar surface area (TPSA) is 47.9 Å². The maximum Gasteiger partial charge on any atom is 0.192 e. The molecule has 1 saturated heterocycles. The molecule has 4 nitrogen and oxygen atoms in total. The molecule has 1 aliphatic heterocycles. The van der Waals surface area contributed by atoms with Gasteiger partial charge in [-0.05, 0) is 36.3 Å².